The van der Waals surface area contributed by atoms with E-state index in [2.05, 4.69) is 5.32 Å². The lowest BCUT2D eigenvalue weighted by Crippen LogP contribution is -2.55. The van der Waals surface area contributed by atoms with Crippen LogP contribution in [-0.4, -0.2) is 62.4 Å². The molecule has 0 spiro atoms. The summed E-state index contributed by atoms with van der Waals surface area (Å²) < 4.78 is 11.0. The minimum absolute atomic E-state index is 0.0139. The van der Waals surface area contributed by atoms with Gasteiger partial charge in [-0.15, -0.1) is 0 Å². The third-order valence-corrected chi connectivity index (χ3v) is 3.96. The van der Waals surface area contributed by atoms with Crippen molar-refractivity contribution in [1.82, 2.24) is 10.2 Å². The molecule has 2 unspecified atom stereocenters. The first-order valence-corrected chi connectivity index (χ1v) is 6.86. The Morgan fingerprint density at radius 3 is 3.06 bits per heavy atom. The number of amides is 1. The topological polar surface area (TPSA) is 50.8 Å². The maximum absolute atomic E-state index is 12.3. The molecule has 2 aliphatic heterocycles. The summed E-state index contributed by atoms with van der Waals surface area (Å²) in [7, 11) is 1.71. The van der Waals surface area contributed by atoms with E-state index in [-0.39, 0.29) is 17.6 Å². The van der Waals surface area contributed by atoms with Crippen LogP contribution in [0.1, 0.15) is 26.2 Å². The highest BCUT2D eigenvalue weighted by Gasteiger charge is 2.40. The smallest absolute Gasteiger partial charge is 0.239 e. The predicted octanol–water partition coefficient (Wildman–Crippen LogP) is 0.392. The summed E-state index contributed by atoms with van der Waals surface area (Å²) in [6.07, 6.45) is 2.88. The monoisotopic (exact) mass is 256 g/mol. The fourth-order valence-corrected chi connectivity index (χ4v) is 2.82. The van der Waals surface area contributed by atoms with Gasteiger partial charge in [0.2, 0.25) is 5.91 Å². The van der Waals surface area contributed by atoms with Crippen molar-refractivity contribution in [2.75, 3.05) is 40.0 Å². The van der Waals surface area contributed by atoms with Gasteiger partial charge in [-0.05, 0) is 19.4 Å². The highest BCUT2D eigenvalue weighted by molar-refractivity contribution is 5.82. The van der Waals surface area contributed by atoms with E-state index in [1.54, 1.807) is 7.11 Å². The van der Waals surface area contributed by atoms with Gasteiger partial charge in [-0.25, -0.2) is 0 Å². The molecular weight excluding hydrogens is 232 g/mol. The van der Waals surface area contributed by atoms with Crippen molar-refractivity contribution in [2.24, 2.45) is 0 Å². The first kappa shape index (κ1) is 13.8. The van der Waals surface area contributed by atoms with Crippen LogP contribution in [-0.2, 0) is 14.3 Å². The molecule has 104 valence electrons. The average Bonchev–Trinajstić information content (AvgIpc) is 2.84. The zero-order valence-electron chi connectivity index (χ0n) is 11.4. The highest BCUT2D eigenvalue weighted by atomic mass is 16.5. The summed E-state index contributed by atoms with van der Waals surface area (Å²) in [6.45, 7) is 5.69. The Bertz CT molecular complexity index is 288. The van der Waals surface area contributed by atoms with Gasteiger partial charge in [0.1, 0.15) is 5.60 Å². The van der Waals surface area contributed by atoms with Crippen LogP contribution in [0, 0.1) is 0 Å². The number of likely N-dealkylation sites (N-methyl/N-ethyl adjacent to an activating group) is 1. The maximum atomic E-state index is 12.3. The SMILES string of the molecule is CCNC1CCCN(CC2(OC)CCOC2)C1=O. The summed E-state index contributed by atoms with van der Waals surface area (Å²) in [4.78, 5) is 14.3. The summed E-state index contributed by atoms with van der Waals surface area (Å²) >= 11 is 0. The van der Waals surface area contributed by atoms with Crippen molar-refractivity contribution < 1.29 is 14.3 Å². The maximum Gasteiger partial charge on any atom is 0.239 e. The fraction of sp³-hybridized carbons (Fsp3) is 0.923. The fourth-order valence-electron chi connectivity index (χ4n) is 2.82. The second kappa shape index (κ2) is 5.99. The van der Waals surface area contributed by atoms with E-state index < -0.39 is 0 Å². The Labute approximate surface area is 109 Å². The third-order valence-electron chi connectivity index (χ3n) is 3.96. The van der Waals surface area contributed by atoms with E-state index in [0.717, 1.165) is 39.0 Å². The Kier molecular flexibility index (Phi) is 4.59. The number of rotatable bonds is 5. The van der Waals surface area contributed by atoms with Gasteiger partial charge in [0, 0.05) is 26.7 Å². The zero-order chi connectivity index (χ0) is 13.0. The lowest BCUT2D eigenvalue weighted by Gasteiger charge is -2.38. The number of nitrogens with one attached hydrogen (secondary N) is 1. The lowest BCUT2D eigenvalue weighted by atomic mass is 9.98. The molecule has 2 aliphatic rings. The number of likely N-dealkylation sites (tertiary alicyclic amines) is 1. The van der Waals surface area contributed by atoms with Crippen LogP contribution in [0.4, 0.5) is 0 Å². The summed E-state index contributed by atoms with van der Waals surface area (Å²) in [5, 5.41) is 3.26. The number of hydrogen-bond acceptors (Lipinski definition) is 4. The van der Waals surface area contributed by atoms with Gasteiger partial charge in [-0.3, -0.25) is 4.79 Å². The van der Waals surface area contributed by atoms with Crippen molar-refractivity contribution in [3.63, 3.8) is 0 Å². The molecule has 0 aromatic rings. The number of hydrogen-bond donors (Lipinski definition) is 1. The number of ether oxygens (including phenoxy) is 2. The number of nitrogens with zero attached hydrogens (tertiary/aromatic N) is 1. The molecule has 5 heteroatoms. The van der Waals surface area contributed by atoms with Crippen LogP contribution in [0.5, 0.6) is 0 Å². The molecule has 2 rings (SSSR count). The van der Waals surface area contributed by atoms with Crippen LogP contribution in [0.15, 0.2) is 0 Å². The van der Waals surface area contributed by atoms with E-state index in [1.807, 2.05) is 11.8 Å². The molecule has 2 saturated heterocycles. The van der Waals surface area contributed by atoms with E-state index in [9.17, 15) is 4.79 Å². The van der Waals surface area contributed by atoms with Gasteiger partial charge >= 0.3 is 0 Å². The van der Waals surface area contributed by atoms with Crippen molar-refractivity contribution >= 4 is 5.91 Å². The largest absolute Gasteiger partial charge is 0.378 e. The number of piperidine rings is 1. The van der Waals surface area contributed by atoms with Crippen molar-refractivity contribution in [3.05, 3.63) is 0 Å². The molecule has 18 heavy (non-hydrogen) atoms. The average molecular weight is 256 g/mol. The summed E-state index contributed by atoms with van der Waals surface area (Å²) in [6, 6.07) is -0.0139. The van der Waals surface area contributed by atoms with Gasteiger partial charge in [0.25, 0.3) is 0 Å². The molecule has 2 atom stereocenters. The zero-order valence-corrected chi connectivity index (χ0v) is 11.4. The molecule has 0 aliphatic carbocycles. The minimum atomic E-state index is -0.288. The molecule has 1 amide bonds. The molecule has 0 saturated carbocycles. The number of carbonyl (C=O) groups is 1. The molecule has 2 fully saturated rings. The van der Waals surface area contributed by atoms with Gasteiger partial charge in [-0.1, -0.05) is 6.92 Å². The van der Waals surface area contributed by atoms with Gasteiger partial charge in [-0.2, -0.15) is 0 Å². The second-order valence-electron chi connectivity index (χ2n) is 5.20. The van der Waals surface area contributed by atoms with E-state index >= 15 is 0 Å². The quantitative estimate of drug-likeness (QED) is 0.773. The Morgan fingerprint density at radius 2 is 2.44 bits per heavy atom. The molecule has 2 heterocycles. The molecule has 0 bridgehead atoms. The van der Waals surface area contributed by atoms with E-state index in [4.69, 9.17) is 9.47 Å². The van der Waals surface area contributed by atoms with Crippen molar-refractivity contribution in [2.45, 2.75) is 37.8 Å². The van der Waals surface area contributed by atoms with Crippen LogP contribution in [0.3, 0.4) is 0 Å². The molecule has 0 aromatic carbocycles. The highest BCUT2D eigenvalue weighted by Crippen LogP contribution is 2.25. The predicted molar refractivity (Wildman–Crippen MR) is 68.5 cm³/mol. The molecule has 1 N–H and O–H groups in total. The number of carbonyl (C=O) groups excluding carboxylic acids is 1. The summed E-state index contributed by atoms with van der Waals surface area (Å²) in [5.74, 6) is 0.214. The van der Waals surface area contributed by atoms with E-state index in [1.165, 1.54) is 0 Å². The van der Waals surface area contributed by atoms with Crippen LogP contribution >= 0.6 is 0 Å². The molecular formula is C13H24N2O3. The van der Waals surface area contributed by atoms with Gasteiger partial charge in [0.15, 0.2) is 0 Å². The van der Waals surface area contributed by atoms with Crippen molar-refractivity contribution in [3.8, 4) is 0 Å². The first-order chi connectivity index (χ1) is 8.71. The Morgan fingerprint density at radius 1 is 1.61 bits per heavy atom. The van der Waals surface area contributed by atoms with Crippen molar-refractivity contribution in [1.29, 1.82) is 0 Å². The van der Waals surface area contributed by atoms with Crippen LogP contribution in [0.25, 0.3) is 0 Å². The normalized spacial score (nSPS) is 33.1. The first-order valence-electron chi connectivity index (χ1n) is 6.86. The standard InChI is InChI=1S/C13H24N2O3/c1-3-14-11-5-4-7-15(12(11)16)9-13(17-2)6-8-18-10-13/h11,14H,3-10H2,1-2H3. The summed E-state index contributed by atoms with van der Waals surface area (Å²) in [5.41, 5.74) is -0.288. The third kappa shape index (κ3) is 2.84. The Hall–Kier alpha value is -0.650. The van der Waals surface area contributed by atoms with Crippen LogP contribution < -0.4 is 5.32 Å². The number of methoxy groups -OCH3 is 1. The molecule has 0 radical (unpaired) electrons. The van der Waals surface area contributed by atoms with E-state index in [0.29, 0.717) is 13.2 Å². The lowest BCUT2D eigenvalue weighted by molar-refractivity contribution is -0.141. The van der Waals surface area contributed by atoms with Gasteiger partial charge in [0.05, 0.1) is 19.2 Å². The van der Waals surface area contributed by atoms with Crippen LogP contribution in [0.2, 0.25) is 0 Å². The minimum Gasteiger partial charge on any atom is -0.378 e. The Balaban J connectivity index is 1.97. The molecule has 0 aromatic heterocycles. The van der Waals surface area contributed by atoms with Gasteiger partial charge < -0.3 is 19.7 Å². The molecule has 5 nitrogen and oxygen atoms in total. The second-order valence-corrected chi connectivity index (χ2v) is 5.20.